The molecular weight excluding hydrogens is 272 g/mol. The maximum atomic E-state index is 12.3. The third kappa shape index (κ3) is 3.16. The molecule has 1 atom stereocenters. The highest BCUT2D eigenvalue weighted by Crippen LogP contribution is 2.32. The molecule has 1 aromatic rings. The number of aromatic hydroxyl groups is 1. The molecule has 112 valence electrons. The second-order valence-electron chi connectivity index (χ2n) is 5.08. The largest absolute Gasteiger partial charge is 0.508 e. The molecular formula is C15H18N2O4. The Bertz CT molecular complexity index is 607. The zero-order chi connectivity index (χ0) is 15.6. The molecule has 6 nitrogen and oxygen atoms in total. The average molecular weight is 290 g/mol. The minimum absolute atomic E-state index is 0.00680. The Morgan fingerprint density at radius 2 is 2.00 bits per heavy atom. The summed E-state index contributed by atoms with van der Waals surface area (Å²) in [6, 6.07) is 5.38. The molecule has 0 aliphatic carbocycles. The van der Waals surface area contributed by atoms with E-state index in [2.05, 4.69) is 10.6 Å². The summed E-state index contributed by atoms with van der Waals surface area (Å²) >= 11 is 0. The third-order valence-corrected chi connectivity index (χ3v) is 3.08. The van der Waals surface area contributed by atoms with Gasteiger partial charge in [0.25, 0.3) is 0 Å². The van der Waals surface area contributed by atoms with E-state index in [-0.39, 0.29) is 17.4 Å². The number of rotatable bonds is 3. The second kappa shape index (κ2) is 5.87. The van der Waals surface area contributed by atoms with Gasteiger partial charge in [-0.3, -0.25) is 0 Å². The number of carbonyl (C=O) groups is 2. The first-order valence-corrected chi connectivity index (χ1v) is 6.67. The van der Waals surface area contributed by atoms with Gasteiger partial charge in [0.1, 0.15) is 5.75 Å². The van der Waals surface area contributed by atoms with Gasteiger partial charge in [-0.15, -0.1) is 0 Å². The van der Waals surface area contributed by atoms with Gasteiger partial charge in [0.2, 0.25) is 0 Å². The highest BCUT2D eigenvalue weighted by Gasteiger charge is 2.33. The molecule has 6 heteroatoms. The van der Waals surface area contributed by atoms with Crippen LogP contribution in [0.4, 0.5) is 4.79 Å². The monoisotopic (exact) mass is 290 g/mol. The van der Waals surface area contributed by atoms with Crippen molar-refractivity contribution in [1.29, 1.82) is 0 Å². The van der Waals surface area contributed by atoms with Crippen molar-refractivity contribution in [1.82, 2.24) is 10.6 Å². The van der Waals surface area contributed by atoms with E-state index in [9.17, 15) is 14.7 Å². The molecule has 2 amide bonds. The van der Waals surface area contributed by atoms with Crippen LogP contribution < -0.4 is 10.6 Å². The predicted molar refractivity (Wildman–Crippen MR) is 76.4 cm³/mol. The molecule has 0 saturated heterocycles. The van der Waals surface area contributed by atoms with Crippen molar-refractivity contribution in [2.24, 2.45) is 0 Å². The van der Waals surface area contributed by atoms with Crippen molar-refractivity contribution in [2.45, 2.75) is 32.9 Å². The van der Waals surface area contributed by atoms with Crippen LogP contribution in [-0.2, 0) is 9.53 Å². The van der Waals surface area contributed by atoms with Crippen molar-refractivity contribution in [2.75, 3.05) is 0 Å². The molecule has 0 unspecified atom stereocenters. The van der Waals surface area contributed by atoms with Crippen molar-refractivity contribution in [3.8, 4) is 5.75 Å². The Morgan fingerprint density at radius 3 is 2.62 bits per heavy atom. The van der Waals surface area contributed by atoms with Gasteiger partial charge < -0.3 is 20.5 Å². The lowest BCUT2D eigenvalue weighted by molar-refractivity contribution is -0.143. The highest BCUT2D eigenvalue weighted by atomic mass is 16.5. The zero-order valence-electron chi connectivity index (χ0n) is 12.1. The summed E-state index contributed by atoms with van der Waals surface area (Å²) in [7, 11) is 0. The molecule has 0 aromatic heterocycles. The average Bonchev–Trinajstić information content (AvgIpc) is 2.37. The number of hydrogen-bond acceptors (Lipinski definition) is 4. The normalized spacial score (nSPS) is 18.3. The summed E-state index contributed by atoms with van der Waals surface area (Å²) in [6.07, 6.45) is -0.277. The number of benzene rings is 1. The van der Waals surface area contributed by atoms with Crippen molar-refractivity contribution in [3.05, 3.63) is 41.1 Å². The maximum absolute atomic E-state index is 12.3. The third-order valence-electron chi connectivity index (χ3n) is 3.08. The van der Waals surface area contributed by atoms with Crippen LogP contribution in [0.1, 0.15) is 32.4 Å². The van der Waals surface area contributed by atoms with E-state index < -0.39 is 18.0 Å². The molecule has 3 N–H and O–H groups in total. The zero-order valence-corrected chi connectivity index (χ0v) is 12.1. The smallest absolute Gasteiger partial charge is 0.338 e. The SMILES string of the molecule is CC1=C(C(=O)OC(C)C)[C@@H](c2ccccc2O)NC(=O)N1. The first-order valence-electron chi connectivity index (χ1n) is 6.67. The van der Waals surface area contributed by atoms with Crippen LogP contribution in [-0.4, -0.2) is 23.2 Å². The lowest BCUT2D eigenvalue weighted by Gasteiger charge is -2.28. The molecule has 1 aromatic carbocycles. The van der Waals surface area contributed by atoms with Crippen LogP contribution in [0.3, 0.4) is 0 Å². The molecule has 0 radical (unpaired) electrons. The Kier molecular flexibility index (Phi) is 4.16. The van der Waals surface area contributed by atoms with E-state index in [0.717, 1.165) is 0 Å². The first kappa shape index (κ1) is 14.9. The molecule has 2 rings (SSSR count). The molecule has 21 heavy (non-hydrogen) atoms. The Hall–Kier alpha value is -2.50. The van der Waals surface area contributed by atoms with Gasteiger partial charge >= 0.3 is 12.0 Å². The number of allylic oxidation sites excluding steroid dienone is 1. The van der Waals surface area contributed by atoms with Gasteiger partial charge in [-0.1, -0.05) is 18.2 Å². The molecule has 0 bridgehead atoms. The van der Waals surface area contributed by atoms with E-state index >= 15 is 0 Å². The topological polar surface area (TPSA) is 87.7 Å². The van der Waals surface area contributed by atoms with Crippen LogP contribution in [0.5, 0.6) is 5.75 Å². The Balaban J connectivity index is 2.46. The van der Waals surface area contributed by atoms with Gasteiger partial charge in [-0.25, -0.2) is 9.59 Å². The summed E-state index contributed by atoms with van der Waals surface area (Å²) in [5.41, 5.74) is 1.14. The van der Waals surface area contributed by atoms with Gasteiger partial charge in [0, 0.05) is 11.3 Å². The van der Waals surface area contributed by atoms with E-state index in [4.69, 9.17) is 4.74 Å². The molecule has 0 spiro atoms. The number of urea groups is 1. The lowest BCUT2D eigenvalue weighted by Crippen LogP contribution is -2.45. The van der Waals surface area contributed by atoms with E-state index in [0.29, 0.717) is 11.3 Å². The summed E-state index contributed by atoms with van der Waals surface area (Å²) in [6.45, 7) is 5.12. The number of nitrogens with one attached hydrogen (secondary N) is 2. The van der Waals surface area contributed by atoms with Gasteiger partial charge in [0.05, 0.1) is 17.7 Å². The van der Waals surface area contributed by atoms with Crippen LogP contribution in [0.2, 0.25) is 0 Å². The lowest BCUT2D eigenvalue weighted by atomic mass is 9.95. The molecule has 1 aliphatic heterocycles. The van der Waals surface area contributed by atoms with E-state index in [1.807, 2.05) is 0 Å². The Morgan fingerprint density at radius 1 is 1.33 bits per heavy atom. The number of esters is 1. The molecule has 0 fully saturated rings. The van der Waals surface area contributed by atoms with Gasteiger partial charge in [-0.05, 0) is 26.8 Å². The van der Waals surface area contributed by atoms with Crippen LogP contribution in [0.15, 0.2) is 35.5 Å². The summed E-state index contributed by atoms with van der Waals surface area (Å²) in [5, 5.41) is 15.2. The minimum Gasteiger partial charge on any atom is -0.508 e. The van der Waals surface area contributed by atoms with Crippen LogP contribution >= 0.6 is 0 Å². The first-order chi connectivity index (χ1) is 9.90. The van der Waals surface area contributed by atoms with Crippen molar-refractivity contribution < 1.29 is 19.4 Å². The summed E-state index contributed by atoms with van der Waals surface area (Å²) in [4.78, 5) is 23.9. The van der Waals surface area contributed by atoms with Crippen molar-refractivity contribution >= 4 is 12.0 Å². The minimum atomic E-state index is -0.744. The standard InChI is InChI=1S/C15H18N2O4/c1-8(2)21-14(19)12-9(3)16-15(20)17-13(12)10-6-4-5-7-11(10)18/h4-8,13,18H,1-3H3,(H2,16,17,20)/t13-/m1/s1. The number of ether oxygens (including phenoxy) is 1. The van der Waals surface area contributed by atoms with Crippen LogP contribution in [0, 0.1) is 0 Å². The molecule has 1 aliphatic rings. The Labute approximate surface area is 122 Å². The summed E-state index contributed by atoms with van der Waals surface area (Å²) < 4.78 is 5.22. The number of para-hydroxylation sites is 1. The van der Waals surface area contributed by atoms with Crippen LogP contribution in [0.25, 0.3) is 0 Å². The quantitative estimate of drug-likeness (QED) is 0.743. The fourth-order valence-electron chi connectivity index (χ4n) is 2.21. The fraction of sp³-hybridized carbons (Fsp3) is 0.333. The van der Waals surface area contributed by atoms with E-state index in [1.54, 1.807) is 39.0 Å². The van der Waals surface area contributed by atoms with Gasteiger partial charge in [-0.2, -0.15) is 0 Å². The maximum Gasteiger partial charge on any atom is 0.338 e. The summed E-state index contributed by atoms with van der Waals surface area (Å²) in [5.74, 6) is -0.518. The number of phenolic OH excluding ortho intramolecular Hbond substituents is 1. The number of carbonyl (C=O) groups excluding carboxylic acids is 2. The fourth-order valence-corrected chi connectivity index (χ4v) is 2.21. The second-order valence-corrected chi connectivity index (χ2v) is 5.08. The molecule has 1 heterocycles. The van der Waals surface area contributed by atoms with Gasteiger partial charge in [0.15, 0.2) is 0 Å². The number of amides is 2. The highest BCUT2D eigenvalue weighted by molar-refractivity contribution is 5.95. The van der Waals surface area contributed by atoms with E-state index in [1.165, 1.54) is 6.07 Å². The number of hydrogen-bond donors (Lipinski definition) is 3. The van der Waals surface area contributed by atoms with Crippen molar-refractivity contribution in [3.63, 3.8) is 0 Å². The predicted octanol–water partition coefficient (Wildman–Crippen LogP) is 1.97. The number of phenols is 1. The molecule has 0 saturated carbocycles.